The Balaban J connectivity index is 3.07. The maximum Gasteiger partial charge on any atom is 0.0434 e. The zero-order chi connectivity index (χ0) is 19.1. The van der Waals surface area contributed by atoms with E-state index in [4.69, 9.17) is 10.8 Å². The number of hydrogen-bond donors (Lipinski definition) is 2. The Morgan fingerprint density at radius 1 is 0.538 bits per heavy atom. The van der Waals surface area contributed by atoms with Gasteiger partial charge in [-0.25, -0.2) is 0 Å². The molecule has 0 aliphatic carbocycles. The van der Waals surface area contributed by atoms with Crippen LogP contribution in [0.5, 0.6) is 0 Å². The van der Waals surface area contributed by atoms with Gasteiger partial charge in [0.05, 0.1) is 0 Å². The summed E-state index contributed by atoms with van der Waals surface area (Å²) in [4.78, 5) is 0. The van der Waals surface area contributed by atoms with Crippen molar-refractivity contribution in [1.29, 1.82) is 0 Å². The maximum absolute atomic E-state index is 8.96. The number of nitrogens with two attached hydrogens (primary N) is 1. The molecule has 0 amide bonds. The normalized spacial score (nSPS) is 12.6. The van der Waals surface area contributed by atoms with E-state index >= 15 is 0 Å². The molecule has 0 saturated carbocycles. The highest BCUT2D eigenvalue weighted by Crippen LogP contribution is 2.16. The molecule has 0 fully saturated rings. The fraction of sp³-hybridized carbons (Fsp3) is 1.00. The molecule has 26 heavy (non-hydrogen) atoms. The average molecular weight is 370 g/mol. The lowest BCUT2D eigenvalue weighted by molar-refractivity contribution is 0.252. The van der Waals surface area contributed by atoms with Crippen LogP contribution in [0.4, 0.5) is 0 Å². The van der Waals surface area contributed by atoms with Crippen molar-refractivity contribution in [3.8, 4) is 0 Å². The van der Waals surface area contributed by atoms with Crippen molar-refractivity contribution in [2.45, 2.75) is 135 Å². The Hall–Kier alpha value is -0.0800. The van der Waals surface area contributed by atoms with E-state index in [1.54, 1.807) is 0 Å². The van der Waals surface area contributed by atoms with Crippen molar-refractivity contribution >= 4 is 0 Å². The van der Waals surface area contributed by atoms with Gasteiger partial charge in [0.15, 0.2) is 0 Å². The third-order valence-corrected chi connectivity index (χ3v) is 5.84. The number of aliphatic hydroxyl groups excluding tert-OH is 1. The van der Waals surface area contributed by atoms with Crippen LogP contribution in [0.2, 0.25) is 0 Å². The molecule has 0 heterocycles. The lowest BCUT2D eigenvalue weighted by atomic mass is 9.97. The standard InChI is InChI=1S/C24H51NO/c1-2-3-4-5-6-7-8-9-10-11-12-13-14-15-16-17-18-19-20-24(23-25)21-22-26/h24,26H,2-23,25H2,1H3. The number of hydrogen-bond acceptors (Lipinski definition) is 2. The van der Waals surface area contributed by atoms with E-state index in [-0.39, 0.29) is 0 Å². The zero-order valence-electron chi connectivity index (χ0n) is 18.2. The summed E-state index contributed by atoms with van der Waals surface area (Å²) in [6.45, 7) is 3.32. The van der Waals surface area contributed by atoms with Crippen LogP contribution in [-0.2, 0) is 0 Å². The van der Waals surface area contributed by atoms with Crippen LogP contribution in [-0.4, -0.2) is 18.3 Å². The molecule has 0 radical (unpaired) electrons. The van der Waals surface area contributed by atoms with E-state index in [1.165, 1.54) is 122 Å². The van der Waals surface area contributed by atoms with Crippen molar-refractivity contribution < 1.29 is 5.11 Å². The average Bonchev–Trinajstić information content (AvgIpc) is 2.66. The fourth-order valence-corrected chi connectivity index (χ4v) is 3.90. The quantitative estimate of drug-likeness (QED) is 0.196. The molecular weight excluding hydrogens is 318 g/mol. The molecule has 0 aliphatic rings. The summed E-state index contributed by atoms with van der Waals surface area (Å²) < 4.78 is 0. The van der Waals surface area contributed by atoms with E-state index in [2.05, 4.69) is 6.92 Å². The summed E-state index contributed by atoms with van der Waals surface area (Å²) in [6, 6.07) is 0. The molecule has 3 N–H and O–H groups in total. The van der Waals surface area contributed by atoms with Crippen LogP contribution in [0.15, 0.2) is 0 Å². The molecule has 0 spiro atoms. The van der Waals surface area contributed by atoms with Gasteiger partial charge in [-0.05, 0) is 25.3 Å². The lowest BCUT2D eigenvalue weighted by Crippen LogP contribution is -2.15. The minimum atomic E-state index is 0.293. The predicted molar refractivity (Wildman–Crippen MR) is 118 cm³/mol. The lowest BCUT2D eigenvalue weighted by Gasteiger charge is -2.12. The maximum atomic E-state index is 8.96. The Labute approximate surface area is 165 Å². The van der Waals surface area contributed by atoms with Gasteiger partial charge >= 0.3 is 0 Å². The second kappa shape index (κ2) is 23.0. The van der Waals surface area contributed by atoms with Crippen LogP contribution in [0.25, 0.3) is 0 Å². The topological polar surface area (TPSA) is 46.2 Å². The largest absolute Gasteiger partial charge is 0.396 e. The zero-order valence-corrected chi connectivity index (χ0v) is 18.2. The summed E-state index contributed by atoms with van der Waals surface area (Å²) in [5.41, 5.74) is 5.72. The monoisotopic (exact) mass is 369 g/mol. The highest BCUT2D eigenvalue weighted by molar-refractivity contribution is 4.60. The molecule has 0 aromatic rings. The summed E-state index contributed by atoms with van der Waals surface area (Å²) >= 11 is 0. The first-order valence-corrected chi connectivity index (χ1v) is 12.2. The number of rotatable bonds is 22. The van der Waals surface area contributed by atoms with Gasteiger partial charge in [-0.2, -0.15) is 0 Å². The van der Waals surface area contributed by atoms with Crippen molar-refractivity contribution in [3.63, 3.8) is 0 Å². The predicted octanol–water partition coefficient (Wildman–Crippen LogP) is 7.38. The molecule has 1 atom stereocenters. The first kappa shape index (κ1) is 25.9. The molecule has 1 unspecified atom stereocenters. The number of aliphatic hydroxyl groups is 1. The van der Waals surface area contributed by atoms with E-state index in [0.29, 0.717) is 12.5 Å². The molecule has 0 aromatic carbocycles. The van der Waals surface area contributed by atoms with Gasteiger partial charge < -0.3 is 10.8 Å². The Morgan fingerprint density at radius 3 is 1.19 bits per heavy atom. The second-order valence-electron chi connectivity index (χ2n) is 8.41. The minimum absolute atomic E-state index is 0.293. The highest BCUT2D eigenvalue weighted by Gasteiger charge is 2.04. The van der Waals surface area contributed by atoms with Gasteiger partial charge in [0.2, 0.25) is 0 Å². The molecule has 0 rings (SSSR count). The SMILES string of the molecule is CCCCCCCCCCCCCCCCCCCCC(CN)CCO. The minimum Gasteiger partial charge on any atom is -0.396 e. The second-order valence-corrected chi connectivity index (χ2v) is 8.41. The van der Waals surface area contributed by atoms with Crippen LogP contribution in [0, 0.1) is 5.92 Å². The molecule has 0 bridgehead atoms. The van der Waals surface area contributed by atoms with Crippen LogP contribution >= 0.6 is 0 Å². The third-order valence-electron chi connectivity index (χ3n) is 5.84. The first-order valence-electron chi connectivity index (χ1n) is 12.2. The number of unbranched alkanes of at least 4 members (excludes halogenated alkanes) is 17. The van der Waals surface area contributed by atoms with Gasteiger partial charge in [-0.3, -0.25) is 0 Å². The van der Waals surface area contributed by atoms with Crippen molar-refractivity contribution in [3.05, 3.63) is 0 Å². The Bertz CT molecular complexity index is 244. The van der Waals surface area contributed by atoms with Crippen LogP contribution in [0.1, 0.15) is 135 Å². The molecule has 2 nitrogen and oxygen atoms in total. The van der Waals surface area contributed by atoms with Gasteiger partial charge in [0, 0.05) is 6.61 Å². The Kier molecular flexibility index (Phi) is 22.9. The molecule has 0 aromatic heterocycles. The van der Waals surface area contributed by atoms with Gasteiger partial charge in [-0.1, -0.05) is 122 Å². The van der Waals surface area contributed by atoms with Gasteiger partial charge in [0.1, 0.15) is 0 Å². The summed E-state index contributed by atoms with van der Waals surface area (Å²) in [6.07, 6.45) is 27.8. The molecule has 0 aliphatic heterocycles. The smallest absolute Gasteiger partial charge is 0.0434 e. The summed E-state index contributed by atoms with van der Waals surface area (Å²) in [5.74, 6) is 0.543. The van der Waals surface area contributed by atoms with E-state index in [9.17, 15) is 0 Å². The molecule has 158 valence electrons. The van der Waals surface area contributed by atoms with E-state index in [0.717, 1.165) is 13.0 Å². The summed E-state index contributed by atoms with van der Waals surface area (Å²) in [7, 11) is 0. The van der Waals surface area contributed by atoms with E-state index < -0.39 is 0 Å². The molecule has 0 saturated heterocycles. The molecule has 2 heteroatoms. The Morgan fingerprint density at radius 2 is 0.885 bits per heavy atom. The van der Waals surface area contributed by atoms with Crippen molar-refractivity contribution in [2.24, 2.45) is 11.7 Å². The van der Waals surface area contributed by atoms with Crippen molar-refractivity contribution in [1.82, 2.24) is 0 Å². The summed E-state index contributed by atoms with van der Waals surface area (Å²) in [5, 5.41) is 8.96. The highest BCUT2D eigenvalue weighted by atomic mass is 16.3. The third kappa shape index (κ3) is 20.2. The first-order chi connectivity index (χ1) is 12.8. The van der Waals surface area contributed by atoms with Crippen LogP contribution in [0.3, 0.4) is 0 Å². The molecular formula is C24H51NO. The fourth-order valence-electron chi connectivity index (χ4n) is 3.90. The van der Waals surface area contributed by atoms with Crippen LogP contribution < -0.4 is 5.73 Å². The van der Waals surface area contributed by atoms with Gasteiger partial charge in [0.25, 0.3) is 0 Å². The van der Waals surface area contributed by atoms with E-state index in [1.807, 2.05) is 0 Å². The van der Waals surface area contributed by atoms with Gasteiger partial charge in [-0.15, -0.1) is 0 Å². The van der Waals surface area contributed by atoms with Crippen molar-refractivity contribution in [2.75, 3.05) is 13.2 Å².